The summed E-state index contributed by atoms with van der Waals surface area (Å²) in [5.41, 5.74) is 4.14. The second-order valence-corrected chi connectivity index (χ2v) is 6.83. The van der Waals surface area contributed by atoms with Crippen LogP contribution >= 0.6 is 0 Å². The first-order chi connectivity index (χ1) is 13.0. The van der Waals surface area contributed by atoms with E-state index in [1.54, 1.807) is 0 Å². The van der Waals surface area contributed by atoms with Crippen molar-refractivity contribution in [3.05, 3.63) is 58.7 Å². The average Bonchev–Trinajstić information content (AvgIpc) is 2.59. The van der Waals surface area contributed by atoms with Crippen LogP contribution in [0.2, 0.25) is 0 Å². The highest BCUT2D eigenvalue weighted by molar-refractivity contribution is 5.99. The number of hydrogen-bond acceptors (Lipinski definition) is 5. The number of hydrogen-bond donors (Lipinski definition) is 1. The summed E-state index contributed by atoms with van der Waals surface area (Å²) in [4.78, 5) is 18.0. The number of aryl methyl sites for hydroxylation is 2. The summed E-state index contributed by atoms with van der Waals surface area (Å²) >= 11 is 0. The zero-order valence-corrected chi connectivity index (χ0v) is 16.4. The number of allylic oxidation sites excluding steroid dienone is 3. The maximum absolute atomic E-state index is 12.8. The van der Waals surface area contributed by atoms with E-state index in [4.69, 9.17) is 14.7 Å². The maximum Gasteiger partial charge on any atom is 0.338 e. The van der Waals surface area contributed by atoms with Crippen LogP contribution in [0.1, 0.15) is 53.2 Å². The molecule has 5 nitrogen and oxygen atoms in total. The molecule has 0 fully saturated rings. The molecule has 27 heavy (non-hydrogen) atoms. The van der Waals surface area contributed by atoms with E-state index in [1.165, 1.54) is 0 Å². The van der Waals surface area contributed by atoms with Crippen molar-refractivity contribution >= 4 is 11.7 Å². The second-order valence-electron chi connectivity index (χ2n) is 6.83. The molecular weight excluding hydrogens is 342 g/mol. The van der Waals surface area contributed by atoms with Gasteiger partial charge >= 0.3 is 5.97 Å². The van der Waals surface area contributed by atoms with Gasteiger partial charge in [-0.05, 0) is 50.8 Å². The summed E-state index contributed by atoms with van der Waals surface area (Å²) in [5, 5.41) is 13.1. The quantitative estimate of drug-likeness (QED) is 0.377. The van der Waals surface area contributed by atoms with Gasteiger partial charge in [0, 0.05) is 12.8 Å². The van der Waals surface area contributed by atoms with Crippen LogP contribution in [0, 0.1) is 13.8 Å². The van der Waals surface area contributed by atoms with Gasteiger partial charge in [0.15, 0.2) is 0 Å². The number of ether oxygens (including phenoxy) is 1. The first kappa shape index (κ1) is 20.9. The first-order valence-electron chi connectivity index (χ1n) is 9.43. The Morgan fingerprint density at radius 3 is 2.78 bits per heavy atom. The van der Waals surface area contributed by atoms with E-state index in [-0.39, 0.29) is 25.3 Å². The van der Waals surface area contributed by atoms with Crippen molar-refractivity contribution in [3.8, 4) is 0 Å². The van der Waals surface area contributed by atoms with Crippen LogP contribution in [-0.4, -0.2) is 36.1 Å². The highest BCUT2D eigenvalue weighted by Gasteiger charge is 2.19. The molecule has 0 amide bonds. The van der Waals surface area contributed by atoms with Crippen molar-refractivity contribution in [2.45, 2.75) is 52.6 Å². The molecule has 1 N–H and O–H groups in total. The van der Waals surface area contributed by atoms with Gasteiger partial charge in [0.1, 0.15) is 12.7 Å². The molecule has 5 heteroatoms. The smallest absolute Gasteiger partial charge is 0.338 e. The third-order valence-corrected chi connectivity index (χ3v) is 4.25. The van der Waals surface area contributed by atoms with Gasteiger partial charge in [-0.15, -0.1) is 0 Å². The normalized spacial score (nSPS) is 22.4. The number of carbonyl (C=O) groups is 1. The number of aliphatic hydroxyl groups is 1. The number of esters is 1. The van der Waals surface area contributed by atoms with Gasteiger partial charge in [-0.2, -0.15) is 0 Å². The Hall–Kier alpha value is -2.40. The Morgan fingerprint density at radius 2 is 2.00 bits per heavy atom. The maximum atomic E-state index is 12.8. The van der Waals surface area contributed by atoms with Crippen molar-refractivity contribution in [2.75, 3.05) is 13.2 Å². The van der Waals surface area contributed by atoms with Crippen LogP contribution in [0.4, 0.5) is 0 Å². The van der Waals surface area contributed by atoms with Gasteiger partial charge in [-0.25, -0.2) is 4.79 Å². The van der Waals surface area contributed by atoms with Crippen LogP contribution < -0.4 is 0 Å². The van der Waals surface area contributed by atoms with Crippen molar-refractivity contribution in [3.63, 3.8) is 0 Å². The molecule has 1 aromatic carbocycles. The van der Waals surface area contributed by atoms with Gasteiger partial charge in [-0.3, -0.25) is 0 Å². The SMILES string of the molecule is Cc1cc(C)c2c(c1)CC(=N/OCCO)/C=C/CC/C=C/CC(C)OC2=O. The summed E-state index contributed by atoms with van der Waals surface area (Å²) in [5.74, 6) is -0.305. The van der Waals surface area contributed by atoms with Crippen LogP contribution in [0.15, 0.2) is 41.6 Å². The number of aliphatic hydroxyl groups excluding tert-OH is 1. The van der Waals surface area contributed by atoms with Crippen molar-refractivity contribution < 1.29 is 19.5 Å². The third kappa shape index (κ3) is 6.68. The number of nitrogens with zero attached hydrogens (tertiary/aromatic N) is 1. The first-order valence-corrected chi connectivity index (χ1v) is 9.43. The van der Waals surface area contributed by atoms with Crippen molar-refractivity contribution in [2.24, 2.45) is 5.16 Å². The molecule has 0 saturated carbocycles. The molecule has 0 radical (unpaired) electrons. The fourth-order valence-electron chi connectivity index (χ4n) is 3.08. The predicted molar refractivity (Wildman–Crippen MR) is 107 cm³/mol. The molecule has 1 atom stereocenters. The summed E-state index contributed by atoms with van der Waals surface area (Å²) in [7, 11) is 0. The molecule has 0 saturated heterocycles. The molecule has 0 aliphatic carbocycles. The number of fused-ring (bicyclic) bond motifs is 1. The summed E-state index contributed by atoms with van der Waals surface area (Å²) in [6, 6.07) is 3.98. The molecule has 1 heterocycles. The topological polar surface area (TPSA) is 68.1 Å². The minimum atomic E-state index is -0.305. The molecule has 146 valence electrons. The summed E-state index contributed by atoms with van der Waals surface area (Å²) < 4.78 is 5.66. The minimum Gasteiger partial charge on any atom is -0.459 e. The zero-order valence-electron chi connectivity index (χ0n) is 16.4. The monoisotopic (exact) mass is 371 g/mol. The van der Waals surface area contributed by atoms with Gasteiger partial charge in [-0.1, -0.05) is 41.1 Å². The molecule has 0 spiro atoms. The fraction of sp³-hybridized carbons (Fsp3) is 0.455. The van der Waals surface area contributed by atoms with Crippen molar-refractivity contribution in [1.82, 2.24) is 0 Å². The number of carbonyl (C=O) groups excluding carboxylic acids is 1. The summed E-state index contributed by atoms with van der Waals surface area (Å²) in [6.45, 7) is 5.89. The van der Waals surface area contributed by atoms with Crippen LogP contribution in [-0.2, 0) is 16.0 Å². The van der Waals surface area contributed by atoms with E-state index < -0.39 is 0 Å². The van der Waals surface area contributed by atoms with Crippen LogP contribution in [0.5, 0.6) is 0 Å². The lowest BCUT2D eigenvalue weighted by molar-refractivity contribution is 0.0346. The zero-order chi connectivity index (χ0) is 19.6. The highest BCUT2D eigenvalue weighted by atomic mass is 16.6. The molecule has 0 bridgehead atoms. The lowest BCUT2D eigenvalue weighted by atomic mass is 9.95. The van der Waals surface area contributed by atoms with E-state index >= 15 is 0 Å². The van der Waals surface area contributed by atoms with E-state index in [1.807, 2.05) is 39.0 Å². The van der Waals surface area contributed by atoms with Gasteiger partial charge in [0.25, 0.3) is 0 Å². The Kier molecular flexibility index (Phi) is 8.27. The van der Waals surface area contributed by atoms with E-state index in [2.05, 4.69) is 23.4 Å². The van der Waals surface area contributed by atoms with Crippen LogP contribution in [0.25, 0.3) is 0 Å². The Morgan fingerprint density at radius 1 is 1.22 bits per heavy atom. The van der Waals surface area contributed by atoms with E-state index in [0.29, 0.717) is 24.1 Å². The Labute approximate surface area is 161 Å². The predicted octanol–water partition coefficient (Wildman–Crippen LogP) is 4.05. The molecule has 1 aliphatic rings. The number of rotatable bonds is 3. The lowest BCUT2D eigenvalue weighted by Crippen LogP contribution is -2.18. The van der Waals surface area contributed by atoms with E-state index in [0.717, 1.165) is 29.5 Å². The third-order valence-electron chi connectivity index (χ3n) is 4.25. The number of cyclic esters (lactones) is 1. The average molecular weight is 371 g/mol. The standard InChI is InChI=1S/C22H29NO4/c1-16-13-17(2)21-19(14-16)15-20(23-26-12-11-24)10-8-6-4-5-7-9-18(3)27-22(21)25/h5,7-8,10,13-14,18,24H,4,6,9,11-12,15H2,1-3H3/b7-5+,10-8+,23-20+. The highest BCUT2D eigenvalue weighted by Crippen LogP contribution is 2.21. The fourth-order valence-corrected chi connectivity index (χ4v) is 3.08. The molecule has 1 aromatic rings. The summed E-state index contributed by atoms with van der Waals surface area (Å²) in [6.07, 6.45) is 10.9. The Balaban J connectivity index is 2.43. The molecular formula is C22H29NO4. The van der Waals surface area contributed by atoms with Gasteiger partial charge in [0.2, 0.25) is 0 Å². The second kappa shape index (κ2) is 10.7. The van der Waals surface area contributed by atoms with Crippen molar-refractivity contribution in [1.29, 1.82) is 0 Å². The minimum absolute atomic E-state index is 0.0929. The van der Waals surface area contributed by atoms with Gasteiger partial charge in [0.05, 0.1) is 17.9 Å². The molecule has 1 aliphatic heterocycles. The van der Waals surface area contributed by atoms with Gasteiger partial charge < -0.3 is 14.7 Å². The van der Waals surface area contributed by atoms with Crippen LogP contribution in [0.3, 0.4) is 0 Å². The molecule has 0 aromatic heterocycles. The number of benzene rings is 1. The largest absolute Gasteiger partial charge is 0.459 e. The number of oxime groups is 1. The Bertz CT molecular complexity index is 734. The lowest BCUT2D eigenvalue weighted by Gasteiger charge is -2.17. The van der Waals surface area contributed by atoms with E-state index in [9.17, 15) is 4.79 Å². The molecule has 2 rings (SSSR count). The molecule has 1 unspecified atom stereocenters.